The van der Waals surface area contributed by atoms with Crippen molar-refractivity contribution in [2.75, 3.05) is 32.8 Å². The van der Waals surface area contributed by atoms with Gasteiger partial charge in [0.05, 0.1) is 19.1 Å². The van der Waals surface area contributed by atoms with Crippen molar-refractivity contribution in [3.05, 3.63) is 0 Å². The SMILES string of the molecule is CCCNC(=O)C1COCCN1C(=O)C1CCCNC1C. The first kappa shape index (κ1) is 16.2. The molecule has 0 radical (unpaired) electrons. The standard InChI is InChI=1S/C15H27N3O3/c1-3-6-17-14(19)13-10-21-9-8-18(13)15(20)12-5-4-7-16-11(12)2/h11-13,16H,3-10H2,1-2H3,(H,17,19). The third-order valence-corrected chi connectivity index (χ3v) is 4.34. The molecule has 0 saturated carbocycles. The maximum Gasteiger partial charge on any atom is 0.245 e. The van der Waals surface area contributed by atoms with E-state index in [0.29, 0.717) is 26.3 Å². The molecule has 0 spiro atoms. The quantitative estimate of drug-likeness (QED) is 0.774. The number of nitrogens with one attached hydrogen (secondary N) is 2. The highest BCUT2D eigenvalue weighted by atomic mass is 16.5. The number of hydrogen-bond donors (Lipinski definition) is 2. The van der Waals surface area contributed by atoms with Crippen LogP contribution in [0.15, 0.2) is 0 Å². The van der Waals surface area contributed by atoms with Gasteiger partial charge in [0.1, 0.15) is 6.04 Å². The number of nitrogens with zero attached hydrogens (tertiary/aromatic N) is 1. The molecule has 2 fully saturated rings. The topological polar surface area (TPSA) is 70.7 Å². The lowest BCUT2D eigenvalue weighted by Crippen LogP contribution is -2.59. The summed E-state index contributed by atoms with van der Waals surface area (Å²) in [4.78, 5) is 26.8. The van der Waals surface area contributed by atoms with Crippen molar-refractivity contribution in [3.63, 3.8) is 0 Å². The van der Waals surface area contributed by atoms with E-state index in [2.05, 4.69) is 10.6 Å². The normalized spacial score (nSPS) is 30.0. The van der Waals surface area contributed by atoms with Crippen LogP contribution in [0.4, 0.5) is 0 Å². The molecule has 2 amide bonds. The minimum absolute atomic E-state index is 0.0293. The molecule has 2 N–H and O–H groups in total. The number of morpholine rings is 1. The molecule has 0 aromatic heterocycles. The van der Waals surface area contributed by atoms with Crippen molar-refractivity contribution in [1.82, 2.24) is 15.5 Å². The smallest absolute Gasteiger partial charge is 0.245 e. The lowest BCUT2D eigenvalue weighted by atomic mass is 9.90. The molecule has 120 valence electrons. The fourth-order valence-electron chi connectivity index (χ4n) is 3.04. The summed E-state index contributed by atoms with van der Waals surface area (Å²) in [5, 5.41) is 6.22. The van der Waals surface area contributed by atoms with E-state index in [9.17, 15) is 9.59 Å². The van der Waals surface area contributed by atoms with Crippen molar-refractivity contribution in [1.29, 1.82) is 0 Å². The molecule has 21 heavy (non-hydrogen) atoms. The van der Waals surface area contributed by atoms with Crippen LogP contribution in [-0.2, 0) is 14.3 Å². The molecule has 0 aromatic carbocycles. The summed E-state index contributed by atoms with van der Waals surface area (Å²) in [5.41, 5.74) is 0. The van der Waals surface area contributed by atoms with Gasteiger partial charge >= 0.3 is 0 Å². The molecule has 2 saturated heterocycles. The number of carbonyl (C=O) groups excluding carboxylic acids is 2. The summed E-state index contributed by atoms with van der Waals surface area (Å²) in [6.45, 7) is 6.98. The number of hydrogen-bond acceptors (Lipinski definition) is 4. The Bertz CT molecular complexity index is 375. The minimum Gasteiger partial charge on any atom is -0.377 e. The van der Waals surface area contributed by atoms with E-state index in [4.69, 9.17) is 4.74 Å². The number of amides is 2. The van der Waals surface area contributed by atoms with E-state index in [1.807, 2.05) is 13.8 Å². The monoisotopic (exact) mass is 297 g/mol. The van der Waals surface area contributed by atoms with Crippen LogP contribution in [0.3, 0.4) is 0 Å². The van der Waals surface area contributed by atoms with E-state index >= 15 is 0 Å². The fraction of sp³-hybridized carbons (Fsp3) is 0.867. The summed E-state index contributed by atoms with van der Waals surface area (Å²) in [7, 11) is 0. The highest BCUT2D eigenvalue weighted by molar-refractivity contribution is 5.89. The Hall–Kier alpha value is -1.14. The lowest BCUT2D eigenvalue weighted by Gasteiger charge is -2.39. The van der Waals surface area contributed by atoms with Gasteiger partial charge in [-0.15, -0.1) is 0 Å². The second-order valence-electron chi connectivity index (χ2n) is 5.90. The minimum atomic E-state index is -0.480. The molecule has 2 aliphatic heterocycles. The third-order valence-electron chi connectivity index (χ3n) is 4.34. The highest BCUT2D eigenvalue weighted by Gasteiger charge is 2.38. The van der Waals surface area contributed by atoms with Crippen LogP contribution in [0.2, 0.25) is 0 Å². The van der Waals surface area contributed by atoms with Crippen LogP contribution in [0, 0.1) is 5.92 Å². The fourth-order valence-corrected chi connectivity index (χ4v) is 3.04. The zero-order valence-corrected chi connectivity index (χ0v) is 13.1. The summed E-state index contributed by atoms with van der Waals surface area (Å²) >= 11 is 0. The Morgan fingerprint density at radius 1 is 1.43 bits per heavy atom. The van der Waals surface area contributed by atoms with Gasteiger partial charge in [0.25, 0.3) is 0 Å². The van der Waals surface area contributed by atoms with Gasteiger partial charge < -0.3 is 20.3 Å². The molecule has 0 aromatic rings. The van der Waals surface area contributed by atoms with Crippen LogP contribution in [0.25, 0.3) is 0 Å². The van der Waals surface area contributed by atoms with Crippen LogP contribution in [0.5, 0.6) is 0 Å². The summed E-state index contributed by atoms with van der Waals surface area (Å²) < 4.78 is 5.41. The number of rotatable bonds is 4. The number of carbonyl (C=O) groups is 2. The van der Waals surface area contributed by atoms with Crippen molar-refractivity contribution in [2.45, 2.75) is 45.2 Å². The first-order valence-corrected chi connectivity index (χ1v) is 8.04. The Balaban J connectivity index is 2.03. The predicted octanol–water partition coefficient (Wildman–Crippen LogP) is 0.128. The van der Waals surface area contributed by atoms with E-state index in [1.165, 1.54) is 0 Å². The van der Waals surface area contributed by atoms with Gasteiger partial charge in [-0.25, -0.2) is 0 Å². The van der Waals surface area contributed by atoms with Crippen LogP contribution >= 0.6 is 0 Å². The molecule has 0 bridgehead atoms. The molecule has 3 unspecified atom stereocenters. The Labute approximate surface area is 126 Å². The summed E-state index contributed by atoms with van der Waals surface area (Å²) in [6.07, 6.45) is 2.79. The maximum absolute atomic E-state index is 12.8. The second kappa shape index (κ2) is 7.75. The lowest BCUT2D eigenvalue weighted by molar-refractivity contribution is -0.152. The van der Waals surface area contributed by atoms with Gasteiger partial charge in [-0.3, -0.25) is 9.59 Å². The Morgan fingerprint density at radius 3 is 2.95 bits per heavy atom. The molecule has 2 heterocycles. The van der Waals surface area contributed by atoms with Crippen LogP contribution in [-0.4, -0.2) is 61.6 Å². The molecule has 3 atom stereocenters. The van der Waals surface area contributed by atoms with E-state index in [1.54, 1.807) is 4.90 Å². The molecule has 6 heteroatoms. The average Bonchev–Trinajstić information content (AvgIpc) is 2.52. The zero-order chi connectivity index (χ0) is 15.2. The third kappa shape index (κ3) is 3.95. The van der Waals surface area contributed by atoms with Gasteiger partial charge in [0, 0.05) is 19.1 Å². The van der Waals surface area contributed by atoms with Crippen molar-refractivity contribution < 1.29 is 14.3 Å². The van der Waals surface area contributed by atoms with Gasteiger partial charge in [-0.1, -0.05) is 6.92 Å². The second-order valence-corrected chi connectivity index (χ2v) is 5.90. The van der Waals surface area contributed by atoms with Gasteiger partial charge in [0.2, 0.25) is 11.8 Å². The predicted molar refractivity (Wildman–Crippen MR) is 79.8 cm³/mol. The Morgan fingerprint density at radius 2 is 2.24 bits per heavy atom. The average molecular weight is 297 g/mol. The van der Waals surface area contributed by atoms with E-state index < -0.39 is 6.04 Å². The number of piperidine rings is 1. The van der Waals surface area contributed by atoms with Crippen molar-refractivity contribution in [3.8, 4) is 0 Å². The molecule has 2 rings (SSSR count). The van der Waals surface area contributed by atoms with Gasteiger partial charge in [0.15, 0.2) is 0 Å². The van der Waals surface area contributed by atoms with E-state index in [-0.39, 0.29) is 23.8 Å². The first-order valence-electron chi connectivity index (χ1n) is 8.04. The van der Waals surface area contributed by atoms with Crippen molar-refractivity contribution in [2.24, 2.45) is 5.92 Å². The zero-order valence-electron chi connectivity index (χ0n) is 13.1. The van der Waals surface area contributed by atoms with Crippen LogP contribution in [0.1, 0.15) is 33.1 Å². The maximum atomic E-state index is 12.8. The summed E-state index contributed by atoms with van der Waals surface area (Å²) in [6, 6.07) is -0.305. The van der Waals surface area contributed by atoms with Crippen molar-refractivity contribution >= 4 is 11.8 Å². The van der Waals surface area contributed by atoms with E-state index in [0.717, 1.165) is 25.8 Å². The van der Waals surface area contributed by atoms with Gasteiger partial charge in [-0.05, 0) is 32.7 Å². The molecule has 2 aliphatic rings. The molecule has 6 nitrogen and oxygen atoms in total. The Kier molecular flexibility index (Phi) is 5.99. The largest absolute Gasteiger partial charge is 0.377 e. The highest BCUT2D eigenvalue weighted by Crippen LogP contribution is 2.21. The van der Waals surface area contributed by atoms with Crippen LogP contribution < -0.4 is 10.6 Å². The molecular formula is C15H27N3O3. The summed E-state index contributed by atoms with van der Waals surface area (Å²) in [5.74, 6) is -0.0331. The number of ether oxygens (including phenoxy) is 1. The molecular weight excluding hydrogens is 270 g/mol. The van der Waals surface area contributed by atoms with Gasteiger partial charge in [-0.2, -0.15) is 0 Å². The molecule has 0 aliphatic carbocycles. The first-order chi connectivity index (χ1) is 10.1.